The second-order valence-electron chi connectivity index (χ2n) is 15.6. The Hall–Kier alpha value is -1.06. The highest BCUT2D eigenvalue weighted by Gasteiger charge is 2.70. The molecule has 36 heavy (non-hydrogen) atoms. The van der Waals surface area contributed by atoms with E-state index in [1.165, 1.54) is 44.9 Å². The third kappa shape index (κ3) is 3.36. The van der Waals surface area contributed by atoms with Gasteiger partial charge in [0, 0.05) is 12.3 Å². The lowest BCUT2D eigenvalue weighted by Crippen LogP contribution is -2.66. The van der Waals surface area contributed by atoms with Crippen LogP contribution in [0.3, 0.4) is 0 Å². The molecule has 0 aromatic rings. The maximum Gasteiger partial charge on any atom is 0.306 e. The Labute approximate surface area is 219 Å². The van der Waals surface area contributed by atoms with Crippen LogP contribution < -0.4 is 0 Å². The highest BCUT2D eigenvalue weighted by Crippen LogP contribution is 2.77. The minimum atomic E-state index is -0.601. The van der Waals surface area contributed by atoms with Gasteiger partial charge in [0.1, 0.15) is 6.10 Å². The molecule has 0 bridgehead atoms. The van der Waals surface area contributed by atoms with Gasteiger partial charge in [0.25, 0.3) is 0 Å². The van der Waals surface area contributed by atoms with Gasteiger partial charge in [0.2, 0.25) is 0 Å². The zero-order chi connectivity index (χ0) is 26.5. The average molecular weight is 501 g/mol. The van der Waals surface area contributed by atoms with E-state index in [2.05, 4.69) is 41.5 Å². The van der Waals surface area contributed by atoms with Crippen molar-refractivity contribution in [2.75, 3.05) is 0 Å². The van der Waals surface area contributed by atoms with E-state index >= 15 is 0 Å². The number of fused-ring (bicyclic) bond motifs is 7. The molecule has 0 heterocycles. The summed E-state index contributed by atoms with van der Waals surface area (Å²) < 4.78 is 5.89. The fourth-order valence-electron chi connectivity index (χ4n) is 12.1. The van der Waals surface area contributed by atoms with Crippen molar-refractivity contribution in [2.24, 2.45) is 62.6 Å². The van der Waals surface area contributed by atoms with Crippen LogP contribution in [0.15, 0.2) is 0 Å². The average Bonchev–Trinajstić information content (AvgIpc) is 3.13. The normalized spacial score (nSPS) is 52.2. The van der Waals surface area contributed by atoms with Crippen molar-refractivity contribution < 1.29 is 19.4 Å². The lowest BCUT2D eigenvalue weighted by Gasteiger charge is -2.73. The maximum atomic E-state index is 12.1. The predicted octanol–water partition coefficient (Wildman–Crippen LogP) is 7.74. The third-order valence-corrected chi connectivity index (χ3v) is 14.2. The summed E-state index contributed by atoms with van der Waals surface area (Å²) in [5.74, 6) is 1.77. The Morgan fingerprint density at radius 1 is 0.806 bits per heavy atom. The van der Waals surface area contributed by atoms with E-state index in [4.69, 9.17) is 4.74 Å². The second kappa shape index (κ2) is 8.22. The number of ether oxygens (including phenoxy) is 1. The summed E-state index contributed by atoms with van der Waals surface area (Å²) in [4.78, 5) is 24.0. The van der Waals surface area contributed by atoms with Gasteiger partial charge >= 0.3 is 11.9 Å². The molecule has 0 aliphatic heterocycles. The number of hydrogen-bond donors (Lipinski definition) is 1. The lowest BCUT2D eigenvalue weighted by atomic mass is 9.32. The quantitative estimate of drug-likeness (QED) is 0.403. The molecule has 4 heteroatoms. The monoisotopic (exact) mass is 500 g/mol. The summed E-state index contributed by atoms with van der Waals surface area (Å²) in [6.07, 6.45) is 12.0. The summed E-state index contributed by atoms with van der Waals surface area (Å²) >= 11 is 0. The molecule has 0 amide bonds. The molecular formula is C32H52O4. The van der Waals surface area contributed by atoms with Gasteiger partial charge in [-0.1, -0.05) is 48.5 Å². The van der Waals surface area contributed by atoms with Crippen molar-refractivity contribution in [2.45, 2.75) is 126 Å². The molecule has 0 spiro atoms. The van der Waals surface area contributed by atoms with Crippen molar-refractivity contribution in [3.05, 3.63) is 0 Å². The lowest BCUT2D eigenvalue weighted by molar-refractivity contribution is -0.250. The van der Waals surface area contributed by atoms with Crippen molar-refractivity contribution in [1.82, 2.24) is 0 Å². The first-order valence-corrected chi connectivity index (χ1v) is 15.0. The van der Waals surface area contributed by atoms with Crippen molar-refractivity contribution in [1.29, 1.82) is 0 Å². The van der Waals surface area contributed by atoms with Gasteiger partial charge in [-0.15, -0.1) is 0 Å². The molecule has 0 radical (unpaired) electrons. The van der Waals surface area contributed by atoms with Crippen molar-refractivity contribution in [3.8, 4) is 0 Å². The van der Waals surface area contributed by atoms with E-state index in [-0.39, 0.29) is 39.7 Å². The van der Waals surface area contributed by atoms with Crippen molar-refractivity contribution in [3.63, 3.8) is 0 Å². The van der Waals surface area contributed by atoms with E-state index in [0.717, 1.165) is 19.3 Å². The summed E-state index contributed by atoms with van der Waals surface area (Å²) in [6, 6.07) is 0. The number of aliphatic carboxylic acids is 1. The van der Waals surface area contributed by atoms with Crippen LogP contribution in [0.1, 0.15) is 120 Å². The van der Waals surface area contributed by atoms with Crippen molar-refractivity contribution >= 4 is 11.9 Å². The predicted molar refractivity (Wildman–Crippen MR) is 142 cm³/mol. The molecule has 204 valence electrons. The molecule has 0 aromatic heterocycles. The fourth-order valence-corrected chi connectivity index (χ4v) is 12.1. The number of carbonyl (C=O) groups is 2. The van der Waals surface area contributed by atoms with Crippen LogP contribution in [0.25, 0.3) is 0 Å². The first-order chi connectivity index (χ1) is 16.6. The standard InChI is InChI=1S/C32H52O4/c1-19(27(34)35)21-11-14-29(5)17-18-31(7)22(26(21)29)9-10-24-30(6)15-13-25(36-20(2)33)28(3,4)23(30)12-16-32(24,31)8/h19,21-26H,9-18H2,1-8H3,(H,34,35)/t19-,21?,22+,23-,24+,25-,26?,29+,30-,31+,32+/m0/s1. The molecule has 5 fully saturated rings. The van der Waals surface area contributed by atoms with Crippen LogP contribution >= 0.6 is 0 Å². The first kappa shape index (κ1) is 26.5. The Morgan fingerprint density at radius 3 is 2.14 bits per heavy atom. The smallest absolute Gasteiger partial charge is 0.306 e. The number of carbonyl (C=O) groups excluding carboxylic acids is 1. The minimum Gasteiger partial charge on any atom is -0.481 e. The molecule has 4 nitrogen and oxygen atoms in total. The first-order valence-electron chi connectivity index (χ1n) is 15.0. The molecule has 11 atom stereocenters. The Morgan fingerprint density at radius 2 is 1.50 bits per heavy atom. The molecule has 2 unspecified atom stereocenters. The zero-order valence-electron chi connectivity index (χ0n) is 24.3. The molecule has 5 saturated carbocycles. The number of rotatable bonds is 3. The highest BCUT2D eigenvalue weighted by molar-refractivity contribution is 5.70. The zero-order valence-corrected chi connectivity index (χ0v) is 24.3. The Kier molecular flexibility index (Phi) is 6.06. The number of carboxylic acids is 1. The Balaban J connectivity index is 1.49. The van der Waals surface area contributed by atoms with E-state index in [9.17, 15) is 14.7 Å². The SMILES string of the molecule is CC(=O)O[C@H]1CC[C@]2(C)[C@H]3CC[C@@H]4C5C([C@H](C)C(=O)O)CC[C@]5(C)CC[C@@]4(C)[C@]3(C)CC[C@H]2C1(C)C. The van der Waals surface area contributed by atoms with Gasteiger partial charge in [0.15, 0.2) is 0 Å². The van der Waals surface area contributed by atoms with Gasteiger partial charge in [0.05, 0.1) is 5.92 Å². The van der Waals surface area contributed by atoms with Crippen LogP contribution in [0.5, 0.6) is 0 Å². The van der Waals surface area contributed by atoms with Crippen LogP contribution in [0, 0.1) is 62.6 Å². The van der Waals surface area contributed by atoms with Gasteiger partial charge in [-0.05, 0) is 115 Å². The summed E-state index contributed by atoms with van der Waals surface area (Å²) in [6.45, 7) is 18.6. The summed E-state index contributed by atoms with van der Waals surface area (Å²) in [5.41, 5.74) is 1.13. The molecule has 5 aliphatic rings. The number of carboxylic acid groups (broad SMARTS) is 1. The third-order valence-electron chi connectivity index (χ3n) is 14.2. The number of hydrogen-bond acceptors (Lipinski definition) is 3. The molecule has 1 N–H and O–H groups in total. The topological polar surface area (TPSA) is 63.6 Å². The van der Waals surface area contributed by atoms with E-state index in [0.29, 0.717) is 35.0 Å². The minimum absolute atomic E-state index is 0.00361. The van der Waals surface area contributed by atoms with Crippen LogP contribution in [-0.4, -0.2) is 23.1 Å². The van der Waals surface area contributed by atoms with E-state index in [1.807, 2.05) is 6.92 Å². The molecule has 0 aromatic carbocycles. The molecular weight excluding hydrogens is 448 g/mol. The number of esters is 1. The van der Waals surface area contributed by atoms with E-state index in [1.54, 1.807) is 6.92 Å². The van der Waals surface area contributed by atoms with Crippen LogP contribution in [0.4, 0.5) is 0 Å². The maximum absolute atomic E-state index is 12.1. The van der Waals surface area contributed by atoms with Crippen LogP contribution in [0.2, 0.25) is 0 Å². The summed E-state index contributed by atoms with van der Waals surface area (Å²) in [7, 11) is 0. The highest BCUT2D eigenvalue weighted by atomic mass is 16.5. The fraction of sp³-hybridized carbons (Fsp3) is 0.938. The molecule has 5 aliphatic carbocycles. The van der Waals surface area contributed by atoms with Gasteiger partial charge in [-0.3, -0.25) is 9.59 Å². The van der Waals surface area contributed by atoms with Gasteiger partial charge < -0.3 is 9.84 Å². The van der Waals surface area contributed by atoms with Gasteiger partial charge in [-0.2, -0.15) is 0 Å². The molecule has 5 rings (SSSR count). The Bertz CT molecular complexity index is 925. The second-order valence-corrected chi connectivity index (χ2v) is 15.6. The van der Waals surface area contributed by atoms with Gasteiger partial charge in [-0.25, -0.2) is 0 Å². The largest absolute Gasteiger partial charge is 0.481 e. The summed E-state index contributed by atoms with van der Waals surface area (Å²) in [5, 5.41) is 9.97. The van der Waals surface area contributed by atoms with Crippen LogP contribution in [-0.2, 0) is 14.3 Å². The molecule has 0 saturated heterocycles. The van der Waals surface area contributed by atoms with E-state index < -0.39 is 5.97 Å².